The summed E-state index contributed by atoms with van der Waals surface area (Å²) in [7, 11) is 0. The van der Waals surface area contributed by atoms with Crippen molar-refractivity contribution in [3.63, 3.8) is 0 Å². The van der Waals surface area contributed by atoms with Crippen LogP contribution in [-0.2, 0) is 0 Å². The first-order valence-corrected chi connectivity index (χ1v) is 7.56. The normalized spacial score (nSPS) is 31.4. The highest BCUT2D eigenvalue weighted by Gasteiger charge is 2.40. The Hall–Kier alpha value is -0.380. The van der Waals surface area contributed by atoms with Gasteiger partial charge in [0.15, 0.2) is 0 Å². The van der Waals surface area contributed by atoms with Gasteiger partial charge < -0.3 is 10.8 Å². The fourth-order valence-corrected chi connectivity index (χ4v) is 3.71. The highest BCUT2D eigenvalue weighted by Crippen LogP contribution is 2.47. The minimum atomic E-state index is -0.378. The lowest BCUT2D eigenvalue weighted by Gasteiger charge is -2.42. The molecule has 0 bridgehead atoms. The van der Waals surface area contributed by atoms with E-state index in [1.54, 1.807) is 11.3 Å². The van der Waals surface area contributed by atoms with Crippen LogP contribution in [0.4, 0.5) is 0 Å². The van der Waals surface area contributed by atoms with Crippen LogP contribution in [0.5, 0.6) is 0 Å². The van der Waals surface area contributed by atoms with Crippen molar-refractivity contribution in [3.05, 3.63) is 22.4 Å². The van der Waals surface area contributed by atoms with E-state index in [1.165, 1.54) is 19.3 Å². The van der Waals surface area contributed by atoms with Crippen molar-refractivity contribution in [1.29, 1.82) is 0 Å². The third-order valence-corrected chi connectivity index (χ3v) is 5.23. The first kappa shape index (κ1) is 13.1. The van der Waals surface area contributed by atoms with Crippen molar-refractivity contribution in [2.75, 3.05) is 6.54 Å². The molecule has 2 nitrogen and oxygen atoms in total. The number of rotatable bonds is 4. The Balaban J connectivity index is 2.10. The van der Waals surface area contributed by atoms with Gasteiger partial charge in [-0.25, -0.2) is 0 Å². The molecule has 2 rings (SSSR count). The third-order valence-electron chi connectivity index (χ3n) is 4.52. The van der Waals surface area contributed by atoms with E-state index in [0.29, 0.717) is 6.54 Å². The first-order valence-electron chi connectivity index (χ1n) is 6.62. The summed E-state index contributed by atoms with van der Waals surface area (Å²) in [5.74, 6) is 0.837. The molecule has 17 heavy (non-hydrogen) atoms. The zero-order valence-corrected chi connectivity index (χ0v) is 11.4. The van der Waals surface area contributed by atoms with E-state index in [1.807, 2.05) is 16.8 Å². The number of aliphatic hydroxyl groups excluding tert-OH is 1. The zero-order valence-electron chi connectivity index (χ0n) is 10.6. The standard InChI is InChI=1S/C14H23NOS/c1-2-11-3-6-14(10-15,7-4-11)13(16)12-5-8-17-9-12/h5,8-9,11,13,16H,2-4,6-7,10,15H2,1H3. The Morgan fingerprint density at radius 2 is 2.24 bits per heavy atom. The molecule has 0 amide bonds. The molecule has 1 aliphatic rings. The van der Waals surface area contributed by atoms with E-state index in [4.69, 9.17) is 5.73 Å². The van der Waals surface area contributed by atoms with Crippen molar-refractivity contribution >= 4 is 11.3 Å². The molecule has 0 radical (unpaired) electrons. The maximum absolute atomic E-state index is 10.6. The molecule has 3 heteroatoms. The molecule has 1 aromatic heterocycles. The molecule has 96 valence electrons. The van der Waals surface area contributed by atoms with Gasteiger partial charge in [0, 0.05) is 12.0 Å². The molecule has 1 saturated carbocycles. The fourth-order valence-electron chi connectivity index (χ4n) is 3.03. The first-order chi connectivity index (χ1) is 8.22. The second kappa shape index (κ2) is 5.51. The number of nitrogens with two attached hydrogens (primary N) is 1. The summed E-state index contributed by atoms with van der Waals surface area (Å²) in [4.78, 5) is 0. The van der Waals surface area contributed by atoms with Gasteiger partial charge in [0.2, 0.25) is 0 Å². The molecule has 1 unspecified atom stereocenters. The minimum Gasteiger partial charge on any atom is -0.388 e. The van der Waals surface area contributed by atoms with E-state index in [-0.39, 0.29) is 11.5 Å². The van der Waals surface area contributed by atoms with E-state index in [2.05, 4.69) is 6.92 Å². The van der Waals surface area contributed by atoms with Crippen LogP contribution in [0.2, 0.25) is 0 Å². The van der Waals surface area contributed by atoms with Crippen LogP contribution in [-0.4, -0.2) is 11.7 Å². The van der Waals surface area contributed by atoms with Gasteiger partial charge in [0.05, 0.1) is 6.10 Å². The highest BCUT2D eigenvalue weighted by atomic mass is 32.1. The molecular weight excluding hydrogens is 230 g/mol. The van der Waals surface area contributed by atoms with Gasteiger partial charge in [-0.05, 0) is 54.0 Å². The van der Waals surface area contributed by atoms with Crippen LogP contribution in [0, 0.1) is 11.3 Å². The van der Waals surface area contributed by atoms with Crippen molar-refractivity contribution in [1.82, 2.24) is 0 Å². The summed E-state index contributed by atoms with van der Waals surface area (Å²) in [5, 5.41) is 14.6. The largest absolute Gasteiger partial charge is 0.388 e. The Bertz CT molecular complexity index is 328. The average Bonchev–Trinajstić information content (AvgIpc) is 2.92. The zero-order chi connectivity index (χ0) is 12.3. The maximum Gasteiger partial charge on any atom is 0.0866 e. The molecular formula is C14H23NOS. The van der Waals surface area contributed by atoms with Crippen molar-refractivity contribution in [3.8, 4) is 0 Å². The second-order valence-corrected chi connectivity index (χ2v) is 6.16. The van der Waals surface area contributed by atoms with Crippen LogP contribution in [0.25, 0.3) is 0 Å². The Kier molecular flexibility index (Phi) is 4.23. The Morgan fingerprint density at radius 3 is 2.71 bits per heavy atom. The fraction of sp³-hybridized carbons (Fsp3) is 0.714. The lowest BCUT2D eigenvalue weighted by Crippen LogP contribution is -2.40. The molecule has 0 aromatic carbocycles. The number of thiophene rings is 1. The minimum absolute atomic E-state index is 0.0766. The second-order valence-electron chi connectivity index (χ2n) is 5.38. The SMILES string of the molecule is CCC1CCC(CN)(C(O)c2ccsc2)CC1. The van der Waals surface area contributed by atoms with Crippen molar-refractivity contribution in [2.45, 2.75) is 45.1 Å². The van der Waals surface area contributed by atoms with Gasteiger partial charge >= 0.3 is 0 Å². The predicted octanol–water partition coefficient (Wildman–Crippen LogP) is 3.33. The molecule has 0 spiro atoms. The third kappa shape index (κ3) is 2.56. The van der Waals surface area contributed by atoms with E-state index >= 15 is 0 Å². The molecule has 1 atom stereocenters. The van der Waals surface area contributed by atoms with Gasteiger partial charge in [-0.2, -0.15) is 11.3 Å². The van der Waals surface area contributed by atoms with E-state index in [0.717, 1.165) is 24.3 Å². The summed E-state index contributed by atoms with van der Waals surface area (Å²) in [6.07, 6.45) is 5.45. The molecule has 1 aliphatic carbocycles. The molecule has 0 aliphatic heterocycles. The molecule has 0 saturated heterocycles. The van der Waals surface area contributed by atoms with Crippen molar-refractivity contribution in [2.24, 2.45) is 17.1 Å². The summed E-state index contributed by atoms with van der Waals surface area (Å²) in [5.41, 5.74) is 6.95. The topological polar surface area (TPSA) is 46.2 Å². The summed E-state index contributed by atoms with van der Waals surface area (Å²) in [6.45, 7) is 2.86. The van der Waals surface area contributed by atoms with Crippen LogP contribution in [0.3, 0.4) is 0 Å². The number of hydrogen-bond acceptors (Lipinski definition) is 3. The Morgan fingerprint density at radius 1 is 1.53 bits per heavy atom. The molecule has 3 N–H and O–H groups in total. The van der Waals surface area contributed by atoms with Gasteiger partial charge in [-0.15, -0.1) is 0 Å². The predicted molar refractivity (Wildman–Crippen MR) is 73.0 cm³/mol. The van der Waals surface area contributed by atoms with E-state index in [9.17, 15) is 5.11 Å². The van der Waals surface area contributed by atoms with Crippen molar-refractivity contribution < 1.29 is 5.11 Å². The quantitative estimate of drug-likeness (QED) is 0.864. The number of aliphatic hydroxyl groups is 1. The van der Waals surface area contributed by atoms with Crippen LogP contribution in [0.15, 0.2) is 16.8 Å². The van der Waals surface area contributed by atoms with Crippen LogP contribution < -0.4 is 5.73 Å². The Labute approximate surface area is 108 Å². The highest BCUT2D eigenvalue weighted by molar-refractivity contribution is 7.07. The summed E-state index contributed by atoms with van der Waals surface area (Å²) >= 11 is 1.65. The summed E-state index contributed by atoms with van der Waals surface area (Å²) in [6, 6.07) is 2.03. The molecule has 1 heterocycles. The average molecular weight is 253 g/mol. The van der Waals surface area contributed by atoms with Gasteiger partial charge in [-0.1, -0.05) is 13.3 Å². The molecule has 1 fully saturated rings. The van der Waals surface area contributed by atoms with Crippen LogP contribution in [0.1, 0.15) is 50.7 Å². The van der Waals surface area contributed by atoms with Gasteiger partial charge in [-0.3, -0.25) is 0 Å². The smallest absolute Gasteiger partial charge is 0.0866 e. The lowest BCUT2D eigenvalue weighted by molar-refractivity contribution is -0.0100. The monoisotopic (exact) mass is 253 g/mol. The van der Waals surface area contributed by atoms with E-state index < -0.39 is 0 Å². The summed E-state index contributed by atoms with van der Waals surface area (Å²) < 4.78 is 0. The molecule has 1 aromatic rings. The number of hydrogen-bond donors (Lipinski definition) is 2. The maximum atomic E-state index is 10.6. The van der Waals surface area contributed by atoms with Gasteiger partial charge in [0.1, 0.15) is 0 Å². The lowest BCUT2D eigenvalue weighted by atomic mass is 9.66. The van der Waals surface area contributed by atoms with Crippen LogP contribution >= 0.6 is 11.3 Å². The van der Waals surface area contributed by atoms with Gasteiger partial charge in [0.25, 0.3) is 0 Å².